The number of sulfone groups is 1. The number of nitrogens with zero attached hydrogens (tertiary/aromatic N) is 4. The van der Waals surface area contributed by atoms with Crippen LogP contribution in [-0.4, -0.2) is 39.2 Å². The molecule has 26 heavy (non-hydrogen) atoms. The van der Waals surface area contributed by atoms with E-state index >= 15 is 0 Å². The van der Waals surface area contributed by atoms with Crippen molar-refractivity contribution >= 4 is 27.2 Å². The molecule has 3 aromatic rings. The summed E-state index contributed by atoms with van der Waals surface area (Å²) in [6.07, 6.45) is 0. The summed E-state index contributed by atoms with van der Waals surface area (Å²) in [7, 11) is -4.05. The number of benzene rings is 1. The Hall–Kier alpha value is -2.81. The molecule has 136 valence electrons. The molecule has 0 aliphatic heterocycles. The number of aromatic nitrogens is 4. The summed E-state index contributed by atoms with van der Waals surface area (Å²) in [5.41, 5.74) is 2.98. The van der Waals surface area contributed by atoms with E-state index in [2.05, 4.69) is 20.4 Å². The molecule has 3 rings (SSSR count). The highest BCUT2D eigenvalue weighted by molar-refractivity contribution is 7.92. The van der Waals surface area contributed by atoms with E-state index < -0.39 is 26.2 Å². The highest BCUT2D eigenvalue weighted by Crippen LogP contribution is 2.17. The van der Waals surface area contributed by atoms with Crippen LogP contribution in [-0.2, 0) is 14.6 Å². The molecule has 1 atom stereocenters. The first kappa shape index (κ1) is 18.0. The quantitative estimate of drug-likeness (QED) is 0.748. The lowest BCUT2D eigenvalue weighted by Crippen LogP contribution is -2.33. The molecule has 2 heterocycles. The second-order valence-corrected chi connectivity index (χ2v) is 8.35. The van der Waals surface area contributed by atoms with Crippen molar-refractivity contribution < 1.29 is 13.2 Å². The van der Waals surface area contributed by atoms with Gasteiger partial charge >= 0.3 is 0 Å². The molecule has 0 aliphatic rings. The van der Waals surface area contributed by atoms with Crippen LogP contribution in [0.25, 0.3) is 5.78 Å². The Morgan fingerprint density at radius 1 is 1.12 bits per heavy atom. The number of anilines is 1. The minimum atomic E-state index is -4.05. The zero-order valence-corrected chi connectivity index (χ0v) is 15.7. The number of nitrogens with one attached hydrogen (secondary N) is 1. The lowest BCUT2D eigenvalue weighted by molar-refractivity contribution is -0.115. The number of carbonyl (C=O) groups excluding carboxylic acids is 1. The smallest absolute Gasteiger partial charge is 0.269 e. The summed E-state index contributed by atoms with van der Waals surface area (Å²) in [5.74, 6) is -0.458. The Labute approximate surface area is 151 Å². The summed E-state index contributed by atoms with van der Waals surface area (Å²) >= 11 is 0. The fraction of sp³-hybridized carbons (Fsp3) is 0.294. The maximum Gasteiger partial charge on any atom is 0.269 e. The Bertz CT molecular complexity index is 1090. The summed E-state index contributed by atoms with van der Waals surface area (Å²) < 4.78 is 26.9. The Balaban J connectivity index is 1.90. The van der Waals surface area contributed by atoms with E-state index in [-0.39, 0.29) is 5.78 Å². The van der Waals surface area contributed by atoms with Gasteiger partial charge in [0, 0.05) is 17.1 Å². The Kier molecular flexibility index (Phi) is 4.49. The average molecular weight is 373 g/mol. The predicted molar refractivity (Wildman–Crippen MR) is 96.7 cm³/mol. The van der Waals surface area contributed by atoms with Crippen molar-refractivity contribution in [1.29, 1.82) is 0 Å². The third-order valence-electron chi connectivity index (χ3n) is 4.01. The molecule has 8 nitrogen and oxygen atoms in total. The molecule has 0 saturated heterocycles. The highest BCUT2D eigenvalue weighted by Gasteiger charge is 2.34. The van der Waals surface area contributed by atoms with Gasteiger partial charge in [-0.25, -0.2) is 17.9 Å². The molecule has 0 bridgehead atoms. The molecular weight excluding hydrogens is 354 g/mol. The zero-order chi connectivity index (χ0) is 19.1. The number of carbonyl (C=O) groups is 1. The number of fused-ring (bicyclic) bond motifs is 1. The van der Waals surface area contributed by atoms with Gasteiger partial charge in [-0.05, 0) is 45.9 Å². The minimum absolute atomic E-state index is 0.187. The van der Waals surface area contributed by atoms with Crippen molar-refractivity contribution in [3.63, 3.8) is 0 Å². The Morgan fingerprint density at radius 3 is 2.42 bits per heavy atom. The van der Waals surface area contributed by atoms with E-state index in [1.807, 2.05) is 19.1 Å². The third-order valence-corrected chi connectivity index (χ3v) is 5.83. The topological polar surface area (TPSA) is 106 Å². The van der Waals surface area contributed by atoms with Crippen LogP contribution in [0.1, 0.15) is 23.9 Å². The summed E-state index contributed by atoms with van der Waals surface area (Å²) in [6.45, 7) is 6.80. The third kappa shape index (κ3) is 3.30. The largest absolute Gasteiger partial charge is 0.325 e. The van der Waals surface area contributed by atoms with Crippen LogP contribution < -0.4 is 5.32 Å². The number of hydrogen-bond donors (Lipinski definition) is 1. The summed E-state index contributed by atoms with van der Waals surface area (Å²) in [6, 6.07) is 8.85. The van der Waals surface area contributed by atoms with Gasteiger partial charge in [-0.15, -0.1) is 5.10 Å². The van der Waals surface area contributed by atoms with Gasteiger partial charge in [-0.1, -0.05) is 17.7 Å². The molecule has 2 aromatic heterocycles. The SMILES string of the molecule is Cc1ccc(NC(=O)C(C)S(=O)(=O)c2nc3nc(C)cc(C)n3n2)cc1. The van der Waals surface area contributed by atoms with Gasteiger partial charge in [0.1, 0.15) is 5.25 Å². The molecule has 0 aliphatic carbocycles. The van der Waals surface area contributed by atoms with E-state index in [1.165, 1.54) is 11.4 Å². The van der Waals surface area contributed by atoms with Gasteiger partial charge in [0.15, 0.2) is 0 Å². The van der Waals surface area contributed by atoms with Gasteiger partial charge in [-0.2, -0.15) is 4.98 Å². The maximum absolute atomic E-state index is 12.8. The molecule has 0 spiro atoms. The second kappa shape index (κ2) is 6.49. The van der Waals surface area contributed by atoms with Crippen molar-refractivity contribution in [2.24, 2.45) is 0 Å². The summed E-state index contributed by atoms with van der Waals surface area (Å²) in [4.78, 5) is 20.6. The second-order valence-electron chi connectivity index (χ2n) is 6.19. The summed E-state index contributed by atoms with van der Waals surface area (Å²) in [5, 5.41) is 4.87. The molecule has 1 aromatic carbocycles. The monoisotopic (exact) mass is 373 g/mol. The van der Waals surface area contributed by atoms with Crippen LogP contribution in [0, 0.1) is 20.8 Å². The standard InChI is InChI=1S/C17H19N5O3S/c1-10-5-7-14(8-6-10)19-15(23)13(4)26(24,25)17-20-16-18-11(2)9-12(3)22(16)21-17/h5-9,13H,1-4H3,(H,19,23). The van der Waals surface area contributed by atoms with Crippen LogP contribution in [0.4, 0.5) is 5.69 Å². The van der Waals surface area contributed by atoms with Crippen molar-refractivity contribution in [2.45, 2.75) is 38.1 Å². The van der Waals surface area contributed by atoms with Gasteiger partial charge < -0.3 is 5.32 Å². The van der Waals surface area contributed by atoms with Crippen molar-refractivity contribution in [3.8, 4) is 0 Å². The van der Waals surface area contributed by atoms with Gasteiger partial charge in [0.25, 0.3) is 10.9 Å². The van der Waals surface area contributed by atoms with E-state index in [0.717, 1.165) is 5.56 Å². The van der Waals surface area contributed by atoms with E-state index in [0.29, 0.717) is 17.1 Å². The van der Waals surface area contributed by atoms with Crippen LogP contribution in [0.2, 0.25) is 0 Å². The van der Waals surface area contributed by atoms with Crippen LogP contribution in [0.5, 0.6) is 0 Å². The lowest BCUT2D eigenvalue weighted by Gasteiger charge is -2.11. The molecule has 1 amide bonds. The van der Waals surface area contributed by atoms with E-state index in [9.17, 15) is 13.2 Å². The van der Waals surface area contributed by atoms with Crippen molar-refractivity contribution in [2.75, 3.05) is 5.32 Å². The van der Waals surface area contributed by atoms with Crippen LogP contribution in [0.3, 0.4) is 0 Å². The minimum Gasteiger partial charge on any atom is -0.325 e. The fourth-order valence-electron chi connectivity index (χ4n) is 2.45. The maximum atomic E-state index is 12.8. The van der Waals surface area contributed by atoms with Gasteiger partial charge in [0.05, 0.1) is 0 Å². The molecule has 1 N–H and O–H groups in total. The lowest BCUT2D eigenvalue weighted by atomic mass is 10.2. The van der Waals surface area contributed by atoms with Crippen LogP contribution in [0.15, 0.2) is 35.5 Å². The fourth-order valence-corrected chi connectivity index (χ4v) is 3.51. The number of rotatable bonds is 4. The Morgan fingerprint density at radius 2 is 1.77 bits per heavy atom. The number of hydrogen-bond acceptors (Lipinski definition) is 6. The molecule has 0 saturated carbocycles. The first-order chi connectivity index (χ1) is 12.2. The molecular formula is C17H19N5O3S. The van der Waals surface area contributed by atoms with E-state index in [4.69, 9.17) is 0 Å². The number of aryl methyl sites for hydroxylation is 3. The number of amides is 1. The molecule has 0 radical (unpaired) electrons. The highest BCUT2D eigenvalue weighted by atomic mass is 32.2. The molecule has 1 unspecified atom stereocenters. The first-order valence-electron chi connectivity index (χ1n) is 8.01. The normalized spacial score (nSPS) is 12.9. The predicted octanol–water partition coefficient (Wildman–Crippen LogP) is 1.85. The molecule has 9 heteroatoms. The van der Waals surface area contributed by atoms with Crippen molar-refractivity contribution in [3.05, 3.63) is 47.3 Å². The van der Waals surface area contributed by atoms with Gasteiger partial charge in [0.2, 0.25) is 15.7 Å². The first-order valence-corrected chi connectivity index (χ1v) is 9.55. The van der Waals surface area contributed by atoms with Gasteiger partial charge in [-0.3, -0.25) is 4.79 Å². The zero-order valence-electron chi connectivity index (χ0n) is 14.9. The van der Waals surface area contributed by atoms with Crippen LogP contribution >= 0.6 is 0 Å². The van der Waals surface area contributed by atoms with E-state index in [1.54, 1.807) is 32.0 Å². The van der Waals surface area contributed by atoms with Crippen molar-refractivity contribution in [1.82, 2.24) is 19.6 Å². The molecule has 0 fully saturated rings. The average Bonchev–Trinajstić information content (AvgIpc) is 3.01.